The fourth-order valence-electron chi connectivity index (χ4n) is 1.65. The van der Waals surface area contributed by atoms with Gasteiger partial charge in [0.25, 0.3) is 0 Å². The molecular formula is C12H6F12O2. The summed E-state index contributed by atoms with van der Waals surface area (Å²) in [6.07, 6.45) is -12.7. The summed E-state index contributed by atoms with van der Waals surface area (Å²) in [7, 11) is 0. The number of hydrogen-bond acceptors (Lipinski definition) is 2. The minimum absolute atomic E-state index is 0.0102. The molecule has 0 fully saturated rings. The molecule has 150 valence electrons. The SMILES string of the molecule is OC(F)(F)C(F)(F)C(F)(F)c1cccc(C(F)(F)C(F)(F)C(O)(F)F)c1. The van der Waals surface area contributed by atoms with Gasteiger partial charge in [-0.3, -0.25) is 0 Å². The molecule has 26 heavy (non-hydrogen) atoms. The van der Waals surface area contributed by atoms with Crippen LogP contribution in [0.1, 0.15) is 11.1 Å². The van der Waals surface area contributed by atoms with Gasteiger partial charge in [0.2, 0.25) is 0 Å². The maximum atomic E-state index is 13.5. The highest BCUT2D eigenvalue weighted by Gasteiger charge is 2.74. The molecule has 1 aromatic rings. The summed E-state index contributed by atoms with van der Waals surface area (Å²) < 4.78 is 155. The maximum absolute atomic E-state index is 13.5. The average molecular weight is 410 g/mol. The topological polar surface area (TPSA) is 40.5 Å². The van der Waals surface area contributed by atoms with Gasteiger partial charge in [-0.05, 0) is 6.07 Å². The Morgan fingerprint density at radius 3 is 1.04 bits per heavy atom. The van der Waals surface area contributed by atoms with Crippen molar-refractivity contribution in [1.82, 2.24) is 0 Å². The van der Waals surface area contributed by atoms with Crippen LogP contribution in [0.2, 0.25) is 0 Å². The van der Waals surface area contributed by atoms with Crippen molar-refractivity contribution < 1.29 is 62.9 Å². The molecule has 0 heterocycles. The Bertz CT molecular complexity index is 606. The van der Waals surface area contributed by atoms with Crippen LogP contribution in [0.25, 0.3) is 0 Å². The van der Waals surface area contributed by atoms with Crippen LogP contribution < -0.4 is 0 Å². The Balaban J connectivity index is 3.54. The zero-order chi connectivity index (χ0) is 21.0. The molecule has 0 spiro atoms. The van der Waals surface area contributed by atoms with Crippen LogP contribution in [0.15, 0.2) is 24.3 Å². The molecule has 0 radical (unpaired) electrons. The lowest BCUT2D eigenvalue weighted by Gasteiger charge is -2.32. The van der Waals surface area contributed by atoms with Gasteiger partial charge in [0.1, 0.15) is 0 Å². The highest BCUT2D eigenvalue weighted by molar-refractivity contribution is 5.33. The van der Waals surface area contributed by atoms with Crippen LogP contribution in [-0.4, -0.2) is 34.3 Å². The second-order valence-corrected chi connectivity index (χ2v) is 4.96. The Labute approximate surface area is 135 Å². The molecule has 1 rings (SSSR count). The van der Waals surface area contributed by atoms with Gasteiger partial charge >= 0.3 is 35.9 Å². The number of halogens is 12. The Morgan fingerprint density at radius 2 is 0.808 bits per heavy atom. The van der Waals surface area contributed by atoms with E-state index in [4.69, 9.17) is 10.2 Å². The van der Waals surface area contributed by atoms with Crippen molar-refractivity contribution in [2.75, 3.05) is 0 Å². The molecule has 0 aromatic heterocycles. The Hall–Kier alpha value is -1.70. The zero-order valence-corrected chi connectivity index (χ0v) is 11.7. The van der Waals surface area contributed by atoms with Gasteiger partial charge in [-0.1, -0.05) is 18.2 Å². The number of hydrogen-bond donors (Lipinski definition) is 2. The van der Waals surface area contributed by atoms with Crippen LogP contribution in [-0.2, 0) is 11.8 Å². The van der Waals surface area contributed by atoms with Gasteiger partial charge in [0.15, 0.2) is 0 Å². The lowest BCUT2D eigenvalue weighted by Crippen LogP contribution is -2.53. The van der Waals surface area contributed by atoms with Crippen molar-refractivity contribution in [2.45, 2.75) is 35.9 Å². The second-order valence-electron chi connectivity index (χ2n) is 4.96. The van der Waals surface area contributed by atoms with Gasteiger partial charge < -0.3 is 10.2 Å². The first-order valence-electron chi connectivity index (χ1n) is 6.04. The van der Waals surface area contributed by atoms with E-state index in [0.717, 1.165) is 0 Å². The van der Waals surface area contributed by atoms with Crippen LogP contribution in [0.5, 0.6) is 0 Å². The zero-order valence-electron chi connectivity index (χ0n) is 11.7. The van der Waals surface area contributed by atoms with E-state index in [1.807, 2.05) is 0 Å². The van der Waals surface area contributed by atoms with Crippen LogP contribution in [0.3, 0.4) is 0 Å². The lowest BCUT2D eigenvalue weighted by atomic mass is 9.94. The van der Waals surface area contributed by atoms with E-state index in [9.17, 15) is 52.7 Å². The summed E-state index contributed by atoms with van der Waals surface area (Å²) in [5.74, 6) is -25.3. The third-order valence-electron chi connectivity index (χ3n) is 3.13. The summed E-state index contributed by atoms with van der Waals surface area (Å²) in [5.41, 5.74) is -4.82. The van der Waals surface area contributed by atoms with Crippen molar-refractivity contribution >= 4 is 0 Å². The second kappa shape index (κ2) is 5.90. The van der Waals surface area contributed by atoms with Crippen molar-refractivity contribution in [3.8, 4) is 0 Å². The monoisotopic (exact) mass is 410 g/mol. The molecule has 0 amide bonds. The van der Waals surface area contributed by atoms with E-state index in [1.165, 1.54) is 0 Å². The molecule has 0 aliphatic heterocycles. The highest BCUT2D eigenvalue weighted by atomic mass is 19.4. The van der Waals surface area contributed by atoms with Crippen LogP contribution in [0.4, 0.5) is 52.7 Å². The number of rotatable bonds is 6. The maximum Gasteiger partial charge on any atom is 0.423 e. The Morgan fingerprint density at radius 1 is 0.538 bits per heavy atom. The van der Waals surface area contributed by atoms with Crippen molar-refractivity contribution in [1.29, 1.82) is 0 Å². The van der Waals surface area contributed by atoms with E-state index in [-0.39, 0.29) is 18.2 Å². The molecule has 0 saturated heterocycles. The van der Waals surface area contributed by atoms with Gasteiger partial charge in [-0.25, -0.2) is 0 Å². The molecule has 2 N–H and O–H groups in total. The predicted molar refractivity (Wildman–Crippen MR) is 58.5 cm³/mol. The van der Waals surface area contributed by atoms with Gasteiger partial charge in [0.05, 0.1) is 0 Å². The molecule has 0 bridgehead atoms. The van der Waals surface area contributed by atoms with Gasteiger partial charge in [0, 0.05) is 11.1 Å². The molecule has 14 heteroatoms. The van der Waals surface area contributed by atoms with Gasteiger partial charge in [-0.2, -0.15) is 52.7 Å². The minimum Gasteiger partial charge on any atom is -0.331 e. The smallest absolute Gasteiger partial charge is 0.331 e. The third-order valence-corrected chi connectivity index (χ3v) is 3.13. The number of benzene rings is 1. The molecule has 1 aromatic carbocycles. The number of aliphatic hydroxyl groups is 2. The van der Waals surface area contributed by atoms with E-state index in [0.29, 0.717) is 0 Å². The van der Waals surface area contributed by atoms with Crippen LogP contribution in [0, 0.1) is 0 Å². The largest absolute Gasteiger partial charge is 0.423 e. The fraction of sp³-hybridized carbons (Fsp3) is 0.500. The minimum atomic E-state index is -6.57. The van der Waals surface area contributed by atoms with Crippen molar-refractivity contribution in [2.24, 2.45) is 0 Å². The first-order valence-corrected chi connectivity index (χ1v) is 6.04. The van der Waals surface area contributed by atoms with E-state index < -0.39 is 53.1 Å². The normalized spacial score (nSPS) is 15.3. The first kappa shape index (κ1) is 22.3. The lowest BCUT2D eigenvalue weighted by molar-refractivity contribution is -0.389. The molecule has 0 saturated carbocycles. The summed E-state index contributed by atoms with van der Waals surface area (Å²) in [6, 6.07) is -1.22. The molecule has 0 aliphatic rings. The fourth-order valence-corrected chi connectivity index (χ4v) is 1.65. The van der Waals surface area contributed by atoms with E-state index >= 15 is 0 Å². The molecule has 0 atom stereocenters. The summed E-state index contributed by atoms with van der Waals surface area (Å²) in [6.45, 7) is 0. The molecule has 2 nitrogen and oxygen atoms in total. The van der Waals surface area contributed by atoms with E-state index in [2.05, 4.69) is 0 Å². The van der Waals surface area contributed by atoms with Crippen LogP contribution >= 0.6 is 0 Å². The predicted octanol–water partition coefficient (Wildman–Crippen LogP) is 4.31. The standard InChI is InChI=1S/C12H6F12O2/c13-7(14,9(17,18)11(21,22)25)5-2-1-3-6(4-5)8(15,16)10(19,20)12(23,24)26/h1-4,25-26H. The summed E-state index contributed by atoms with van der Waals surface area (Å²) in [5, 5.41) is 15.7. The molecular weight excluding hydrogens is 404 g/mol. The highest BCUT2D eigenvalue weighted by Crippen LogP contribution is 2.53. The third kappa shape index (κ3) is 3.19. The summed E-state index contributed by atoms with van der Waals surface area (Å²) >= 11 is 0. The first-order chi connectivity index (χ1) is 11.2. The summed E-state index contributed by atoms with van der Waals surface area (Å²) in [4.78, 5) is 0. The quantitative estimate of drug-likeness (QED) is 0.687. The molecule has 0 aliphatic carbocycles. The number of alkyl halides is 12. The molecule has 0 unspecified atom stereocenters. The van der Waals surface area contributed by atoms with Gasteiger partial charge in [-0.15, -0.1) is 0 Å². The Kier molecular flexibility index (Phi) is 5.07. The average Bonchev–Trinajstić information content (AvgIpc) is 2.44. The van der Waals surface area contributed by atoms with Crippen molar-refractivity contribution in [3.63, 3.8) is 0 Å². The van der Waals surface area contributed by atoms with Crippen molar-refractivity contribution in [3.05, 3.63) is 35.4 Å². The van der Waals surface area contributed by atoms with E-state index in [1.54, 1.807) is 0 Å².